The van der Waals surface area contributed by atoms with Crippen LogP contribution in [-0.2, 0) is 13.6 Å². The maximum atomic E-state index is 12.4. The summed E-state index contributed by atoms with van der Waals surface area (Å²) < 4.78 is 28.1. The first-order chi connectivity index (χ1) is 16.5. The molecular formula is C22H25N7O4P. The third-order valence-corrected chi connectivity index (χ3v) is 5.53. The predicted octanol–water partition coefficient (Wildman–Crippen LogP) is 4.31. The number of rotatable bonds is 12. The van der Waals surface area contributed by atoms with Crippen LogP contribution in [0, 0.1) is 6.07 Å². The second kappa shape index (κ2) is 12.4. The topological polar surface area (TPSA) is 145 Å². The summed E-state index contributed by atoms with van der Waals surface area (Å²) in [6, 6.07) is 18.6. The SMILES string of the molecule is CCOP(=O)(OCC)Oc1ccc(/C=N/Nc2cc(N/N=C/c3cc[c]cc3)nc(N)n2)cc1. The van der Waals surface area contributed by atoms with E-state index in [-0.39, 0.29) is 19.2 Å². The second-order valence-corrected chi connectivity index (χ2v) is 8.11. The van der Waals surface area contributed by atoms with Crippen molar-refractivity contribution in [2.24, 2.45) is 10.2 Å². The molecule has 3 rings (SSSR count). The van der Waals surface area contributed by atoms with Gasteiger partial charge in [-0.1, -0.05) is 24.3 Å². The summed E-state index contributed by atoms with van der Waals surface area (Å²) in [6.45, 7) is 3.83. The van der Waals surface area contributed by atoms with Crippen molar-refractivity contribution < 1.29 is 18.1 Å². The maximum absolute atomic E-state index is 12.4. The van der Waals surface area contributed by atoms with Crippen LogP contribution in [0.1, 0.15) is 25.0 Å². The molecule has 0 saturated carbocycles. The number of hydrogen-bond donors (Lipinski definition) is 3. The van der Waals surface area contributed by atoms with Gasteiger partial charge in [-0.3, -0.25) is 19.9 Å². The van der Waals surface area contributed by atoms with E-state index in [1.54, 1.807) is 68.7 Å². The standard InChI is InChI=1S/C22H25N7O4P/c1-3-31-34(30,32-4-2)33-19-12-10-18(11-13-19)16-25-29-21-14-20(26-22(23)27-21)28-24-15-17-8-6-5-7-9-17/h6-16H,3-4H2,1-2H3,(H4,23,26,27,28,29)/b24-15+,25-16+. The molecule has 0 bridgehead atoms. The Hall–Kier alpha value is -3.79. The molecule has 0 atom stereocenters. The third-order valence-electron chi connectivity index (χ3n) is 3.94. The summed E-state index contributed by atoms with van der Waals surface area (Å²) in [5.41, 5.74) is 13.0. The van der Waals surface area contributed by atoms with Crippen molar-refractivity contribution in [1.82, 2.24) is 9.97 Å². The van der Waals surface area contributed by atoms with E-state index in [1.807, 2.05) is 12.1 Å². The Morgan fingerprint density at radius 1 is 0.941 bits per heavy atom. The number of phosphoric ester groups is 1. The van der Waals surface area contributed by atoms with Crippen LogP contribution >= 0.6 is 7.82 Å². The summed E-state index contributed by atoms with van der Waals surface area (Å²) in [6.07, 6.45) is 3.22. The fourth-order valence-corrected chi connectivity index (χ4v) is 3.75. The van der Waals surface area contributed by atoms with Crippen molar-refractivity contribution >= 4 is 37.8 Å². The first-order valence-electron chi connectivity index (χ1n) is 10.4. The highest BCUT2D eigenvalue weighted by Crippen LogP contribution is 2.49. The lowest BCUT2D eigenvalue weighted by Gasteiger charge is -2.16. The number of nitrogens with two attached hydrogens (primary N) is 1. The quantitative estimate of drug-likeness (QED) is 0.195. The minimum Gasteiger partial charge on any atom is -0.404 e. The van der Waals surface area contributed by atoms with E-state index in [4.69, 9.17) is 19.3 Å². The Morgan fingerprint density at radius 2 is 1.47 bits per heavy atom. The van der Waals surface area contributed by atoms with E-state index in [0.717, 1.165) is 11.1 Å². The van der Waals surface area contributed by atoms with Gasteiger partial charge in [-0.2, -0.15) is 20.2 Å². The van der Waals surface area contributed by atoms with Crippen LogP contribution in [0.3, 0.4) is 0 Å². The molecule has 0 spiro atoms. The molecule has 11 nitrogen and oxygen atoms in total. The Bertz CT molecular complexity index is 1150. The van der Waals surface area contributed by atoms with Gasteiger partial charge in [0.1, 0.15) is 5.75 Å². The lowest BCUT2D eigenvalue weighted by Crippen LogP contribution is -2.03. The average molecular weight is 482 g/mol. The highest BCUT2D eigenvalue weighted by molar-refractivity contribution is 7.48. The van der Waals surface area contributed by atoms with Gasteiger partial charge in [0.05, 0.1) is 25.6 Å². The van der Waals surface area contributed by atoms with Gasteiger partial charge in [-0.25, -0.2) is 4.57 Å². The predicted molar refractivity (Wildman–Crippen MR) is 132 cm³/mol. The van der Waals surface area contributed by atoms with Gasteiger partial charge in [-0.15, -0.1) is 0 Å². The van der Waals surface area contributed by atoms with Crippen molar-refractivity contribution in [3.05, 3.63) is 71.8 Å². The van der Waals surface area contributed by atoms with Crippen LogP contribution in [0.5, 0.6) is 5.75 Å². The van der Waals surface area contributed by atoms with Crippen molar-refractivity contribution in [2.45, 2.75) is 13.8 Å². The molecule has 3 aromatic rings. The fraction of sp³-hybridized carbons (Fsp3) is 0.182. The summed E-state index contributed by atoms with van der Waals surface area (Å²) in [4.78, 5) is 8.17. The summed E-state index contributed by atoms with van der Waals surface area (Å²) in [7, 11) is -3.64. The number of hydrogen-bond acceptors (Lipinski definition) is 11. The molecule has 1 heterocycles. The van der Waals surface area contributed by atoms with Crippen LogP contribution in [0.4, 0.5) is 17.6 Å². The highest BCUT2D eigenvalue weighted by Gasteiger charge is 2.27. The van der Waals surface area contributed by atoms with E-state index in [2.05, 4.69) is 37.1 Å². The number of anilines is 3. The monoisotopic (exact) mass is 482 g/mol. The van der Waals surface area contributed by atoms with Crippen LogP contribution in [-0.4, -0.2) is 35.6 Å². The molecule has 0 aliphatic heterocycles. The molecule has 1 aromatic heterocycles. The van der Waals surface area contributed by atoms with E-state index in [9.17, 15) is 4.57 Å². The van der Waals surface area contributed by atoms with E-state index in [1.165, 1.54) is 0 Å². The van der Waals surface area contributed by atoms with Gasteiger partial charge in [0, 0.05) is 6.07 Å². The molecule has 0 aliphatic rings. The first-order valence-corrected chi connectivity index (χ1v) is 11.8. The number of hydrazone groups is 2. The van der Waals surface area contributed by atoms with Gasteiger partial charge in [-0.05, 0) is 55.3 Å². The number of nitrogens with zero attached hydrogens (tertiary/aromatic N) is 4. The van der Waals surface area contributed by atoms with E-state index >= 15 is 0 Å². The van der Waals surface area contributed by atoms with E-state index in [0.29, 0.717) is 17.4 Å². The molecule has 177 valence electrons. The minimum absolute atomic E-state index is 0.0572. The first kappa shape index (κ1) is 24.8. The molecule has 34 heavy (non-hydrogen) atoms. The zero-order valence-electron chi connectivity index (χ0n) is 18.7. The number of benzene rings is 2. The fourth-order valence-electron chi connectivity index (χ4n) is 2.56. The Kier molecular flexibility index (Phi) is 9.10. The molecule has 2 aromatic carbocycles. The highest BCUT2D eigenvalue weighted by atomic mass is 31.2. The van der Waals surface area contributed by atoms with Crippen LogP contribution < -0.4 is 21.1 Å². The Labute approximate surface area is 197 Å². The average Bonchev–Trinajstić information content (AvgIpc) is 2.81. The van der Waals surface area contributed by atoms with Crippen LogP contribution in [0.15, 0.2) is 64.8 Å². The molecule has 0 fully saturated rings. The molecule has 0 unspecified atom stereocenters. The van der Waals surface area contributed by atoms with Crippen molar-refractivity contribution in [2.75, 3.05) is 29.8 Å². The Morgan fingerprint density at radius 3 is 2.00 bits per heavy atom. The van der Waals surface area contributed by atoms with Gasteiger partial charge in [0.15, 0.2) is 11.6 Å². The van der Waals surface area contributed by atoms with Crippen molar-refractivity contribution in [1.29, 1.82) is 0 Å². The van der Waals surface area contributed by atoms with Gasteiger partial charge in [0.25, 0.3) is 0 Å². The number of phosphoric acid groups is 1. The van der Waals surface area contributed by atoms with Crippen LogP contribution in [0.2, 0.25) is 0 Å². The Balaban J connectivity index is 1.58. The summed E-state index contributed by atoms with van der Waals surface area (Å²) in [5, 5.41) is 8.28. The molecule has 12 heteroatoms. The molecule has 4 N–H and O–H groups in total. The van der Waals surface area contributed by atoms with E-state index < -0.39 is 7.82 Å². The third kappa shape index (κ3) is 7.96. The second-order valence-electron chi connectivity index (χ2n) is 6.51. The smallest absolute Gasteiger partial charge is 0.404 e. The zero-order chi connectivity index (χ0) is 24.2. The van der Waals surface area contributed by atoms with Crippen molar-refractivity contribution in [3.8, 4) is 5.75 Å². The molecular weight excluding hydrogens is 457 g/mol. The van der Waals surface area contributed by atoms with Gasteiger partial charge >= 0.3 is 7.82 Å². The summed E-state index contributed by atoms with van der Waals surface area (Å²) >= 11 is 0. The number of aromatic nitrogens is 2. The zero-order valence-corrected chi connectivity index (χ0v) is 19.6. The molecule has 0 amide bonds. The minimum atomic E-state index is -3.64. The number of nitrogen functional groups attached to an aromatic ring is 1. The normalized spacial score (nSPS) is 11.7. The molecule has 0 saturated heterocycles. The molecule has 0 aliphatic carbocycles. The number of nitrogens with one attached hydrogen (secondary N) is 2. The maximum Gasteiger partial charge on any atom is 0.530 e. The van der Waals surface area contributed by atoms with Crippen molar-refractivity contribution in [3.63, 3.8) is 0 Å². The summed E-state index contributed by atoms with van der Waals surface area (Å²) in [5.74, 6) is 1.19. The lowest BCUT2D eigenvalue weighted by atomic mass is 10.2. The lowest BCUT2D eigenvalue weighted by molar-refractivity contribution is 0.167. The van der Waals surface area contributed by atoms with Gasteiger partial charge < -0.3 is 10.3 Å². The van der Waals surface area contributed by atoms with Crippen LogP contribution in [0.25, 0.3) is 0 Å². The largest absolute Gasteiger partial charge is 0.530 e. The van der Waals surface area contributed by atoms with Gasteiger partial charge in [0.2, 0.25) is 5.95 Å². The molecule has 1 radical (unpaired) electrons.